The molecule has 1 radical (unpaired) electrons. The first-order valence-corrected chi connectivity index (χ1v) is 20.3. The van der Waals surface area contributed by atoms with Crippen LogP contribution in [0.25, 0.3) is 44.4 Å². The predicted octanol–water partition coefficient (Wildman–Crippen LogP) is 8.68. The second kappa shape index (κ2) is 20.8. The van der Waals surface area contributed by atoms with E-state index in [0.717, 1.165) is 70.2 Å². The largest absolute Gasteiger partial charge is 3.00 e. The van der Waals surface area contributed by atoms with E-state index in [-0.39, 0.29) is 42.8 Å². The fourth-order valence-corrected chi connectivity index (χ4v) is 7.74. The maximum Gasteiger partial charge on any atom is 3.00 e. The van der Waals surface area contributed by atoms with Crippen molar-refractivity contribution in [3.8, 4) is 0 Å². The Balaban J connectivity index is 0.00000769. The van der Waals surface area contributed by atoms with Gasteiger partial charge < -0.3 is 34.9 Å². The van der Waals surface area contributed by atoms with Crippen LogP contribution < -0.4 is 20.2 Å². The molecule has 0 fully saturated rings. The third-order valence-electron chi connectivity index (χ3n) is 11.2. The van der Waals surface area contributed by atoms with Crippen molar-refractivity contribution in [1.29, 1.82) is 0 Å². The number of carboxylic acid groups (broad SMARTS) is 2. The molecule has 2 aliphatic rings. The molecule has 0 saturated carbocycles. The molecule has 0 aliphatic carbocycles. The Labute approximate surface area is 359 Å². The number of aliphatic hydroxyl groups is 1. The van der Waals surface area contributed by atoms with Crippen molar-refractivity contribution in [2.45, 2.75) is 126 Å². The Kier molecular flexibility index (Phi) is 16.4. The molecule has 0 saturated heterocycles. The summed E-state index contributed by atoms with van der Waals surface area (Å²) in [6, 6.07) is 7.48. The summed E-state index contributed by atoms with van der Waals surface area (Å²) < 4.78 is 0. The molecular formula is C49H56FeN4O5-. The molecule has 59 heavy (non-hydrogen) atoms. The fraction of sp³-hybridized carbons (Fsp3) is 0.388. The summed E-state index contributed by atoms with van der Waals surface area (Å²) in [6.07, 6.45) is 13.1. The summed E-state index contributed by atoms with van der Waals surface area (Å²) in [4.78, 5) is 43.3. The van der Waals surface area contributed by atoms with Crippen molar-refractivity contribution in [2.24, 2.45) is 0 Å². The molecule has 0 spiro atoms. The molecule has 0 unspecified atom stereocenters. The van der Waals surface area contributed by atoms with E-state index < -0.39 is 18.0 Å². The summed E-state index contributed by atoms with van der Waals surface area (Å²) in [6.45, 7) is 20.4. The number of fused-ring (bicyclic) bond motifs is 8. The van der Waals surface area contributed by atoms with E-state index in [4.69, 9.17) is 19.9 Å². The van der Waals surface area contributed by atoms with Crippen LogP contribution in [0.15, 0.2) is 71.9 Å². The first-order valence-electron chi connectivity index (χ1n) is 20.3. The summed E-state index contributed by atoms with van der Waals surface area (Å²) >= 11 is 0. The number of carboxylic acids is 2. The van der Waals surface area contributed by atoms with Crippen LogP contribution in [0.5, 0.6) is 0 Å². The van der Waals surface area contributed by atoms with Gasteiger partial charge in [0.2, 0.25) is 0 Å². The number of carbonyl (C=O) groups is 2. The number of nitrogens with zero attached hydrogens (tertiary/aromatic N) is 4. The van der Waals surface area contributed by atoms with Gasteiger partial charge in [0.1, 0.15) is 0 Å². The minimum atomic E-state index is -1.17. The molecular weight excluding hydrogens is 780 g/mol. The molecule has 1 atom stereocenters. The number of rotatable bonds is 17. The van der Waals surface area contributed by atoms with Crippen molar-refractivity contribution in [1.82, 2.24) is 19.9 Å². The van der Waals surface area contributed by atoms with Gasteiger partial charge in [-0.2, -0.15) is 0 Å². The van der Waals surface area contributed by atoms with E-state index >= 15 is 0 Å². The summed E-state index contributed by atoms with van der Waals surface area (Å²) in [5.74, 6) is -2.34. The SMILES string of the molecule is C=CC1=C(C)c2cc3[n-]c(cc4nc(cc5[n-]c(cc1n2)c(C)c5CCC(=O)[O-])C(CCC(=O)[O-])=C4C)c(C)c3[C@@H](O)CC/C=C(\C)CC/C=C(\C)CCC=C(C)C.[Fe+3]. The minimum absolute atomic E-state index is 0. The average Bonchev–Trinajstić information content (AvgIpc) is 3.82. The summed E-state index contributed by atoms with van der Waals surface area (Å²) in [5, 5.41) is 35.1. The Morgan fingerprint density at radius 1 is 0.695 bits per heavy atom. The second-order valence-electron chi connectivity index (χ2n) is 15.9. The Bertz CT molecular complexity index is 2430. The van der Waals surface area contributed by atoms with Crippen LogP contribution in [0.2, 0.25) is 0 Å². The zero-order chi connectivity index (χ0) is 42.3. The van der Waals surface area contributed by atoms with Crippen LogP contribution in [-0.4, -0.2) is 27.0 Å². The topological polar surface area (TPSA) is 154 Å². The van der Waals surface area contributed by atoms with E-state index in [2.05, 4.69) is 52.5 Å². The third kappa shape index (κ3) is 11.6. The van der Waals surface area contributed by atoms with Crippen molar-refractivity contribution < 1.29 is 42.0 Å². The Morgan fingerprint density at radius 3 is 1.86 bits per heavy atom. The third-order valence-corrected chi connectivity index (χ3v) is 11.2. The van der Waals surface area contributed by atoms with Gasteiger partial charge in [0.25, 0.3) is 0 Å². The first-order chi connectivity index (χ1) is 27.6. The van der Waals surface area contributed by atoms with Crippen LogP contribution in [0.1, 0.15) is 150 Å². The maximum absolute atomic E-state index is 11.9. The molecule has 8 bridgehead atoms. The summed E-state index contributed by atoms with van der Waals surface area (Å²) in [7, 11) is 0. The van der Waals surface area contributed by atoms with Gasteiger partial charge in [0.15, 0.2) is 0 Å². The van der Waals surface area contributed by atoms with E-state index in [9.17, 15) is 24.9 Å². The number of aliphatic hydroxyl groups excluding tert-OH is 1. The molecule has 311 valence electrons. The Hall–Kier alpha value is -5.02. The maximum atomic E-state index is 11.9. The van der Waals surface area contributed by atoms with E-state index in [1.807, 2.05) is 45.9 Å². The predicted molar refractivity (Wildman–Crippen MR) is 231 cm³/mol. The number of aliphatic carboxylic acids is 2. The van der Waals surface area contributed by atoms with E-state index in [0.29, 0.717) is 57.7 Å². The molecule has 2 aliphatic heterocycles. The number of carbonyl (C=O) groups excluding carboxylic acids is 2. The van der Waals surface area contributed by atoms with Crippen LogP contribution in [0.3, 0.4) is 0 Å². The smallest absolute Gasteiger partial charge is 0.657 e. The number of allylic oxidation sites excluding steroid dienone is 11. The van der Waals surface area contributed by atoms with Crippen molar-refractivity contribution >= 4 is 56.3 Å². The zero-order valence-electron chi connectivity index (χ0n) is 35.7. The van der Waals surface area contributed by atoms with Crippen molar-refractivity contribution in [2.75, 3.05) is 0 Å². The first kappa shape index (κ1) is 46.7. The number of aromatic nitrogens is 4. The molecule has 1 N–H and O–H groups in total. The van der Waals surface area contributed by atoms with Gasteiger partial charge >= 0.3 is 17.1 Å². The molecule has 3 aromatic heterocycles. The molecule has 3 aromatic rings. The van der Waals surface area contributed by atoms with Crippen LogP contribution >= 0.6 is 0 Å². The van der Waals surface area contributed by atoms with Gasteiger partial charge in [-0.1, -0.05) is 88.6 Å². The molecule has 5 rings (SSSR count). The number of aryl methyl sites for hydroxylation is 3. The average molecular weight is 837 g/mol. The zero-order valence-corrected chi connectivity index (χ0v) is 36.8. The molecule has 5 heterocycles. The monoisotopic (exact) mass is 836 g/mol. The minimum Gasteiger partial charge on any atom is -0.657 e. The molecule has 10 heteroatoms. The van der Waals surface area contributed by atoms with Gasteiger partial charge in [-0.25, -0.2) is 9.97 Å². The number of hydrogen-bond donors (Lipinski definition) is 1. The van der Waals surface area contributed by atoms with Gasteiger partial charge in [-0.05, 0) is 142 Å². The van der Waals surface area contributed by atoms with Gasteiger partial charge in [-0.3, -0.25) is 0 Å². The Morgan fingerprint density at radius 2 is 1.22 bits per heavy atom. The quantitative estimate of drug-likeness (QED) is 0.104. The number of hydrogen-bond acceptors (Lipinski definition) is 7. The molecule has 0 aromatic carbocycles. The van der Waals surface area contributed by atoms with Crippen LogP contribution in [0.4, 0.5) is 0 Å². The van der Waals surface area contributed by atoms with Gasteiger partial charge in [-0.15, -0.1) is 22.1 Å². The molecule has 9 nitrogen and oxygen atoms in total. The van der Waals surface area contributed by atoms with Crippen molar-refractivity contribution in [3.63, 3.8) is 0 Å². The summed E-state index contributed by atoms with van der Waals surface area (Å²) in [5.41, 5.74) is 15.3. The van der Waals surface area contributed by atoms with Crippen LogP contribution in [0, 0.1) is 13.8 Å². The van der Waals surface area contributed by atoms with Crippen LogP contribution in [-0.2, 0) is 33.1 Å². The molecule has 0 amide bonds. The fourth-order valence-electron chi connectivity index (χ4n) is 7.74. The standard InChI is InChI=1S/C49H60N4O5.Fe/c1-10-35-31(6)40-26-45-49(46(54)19-13-18-30(5)17-12-16-29(4)15-11-14-28(2)3)34(9)41(53-45)24-38-32(7)36(20-22-47(55)56)43(51-38)27-44-37(21-23-48(57)58)33(8)39(52-44)25-42(35)50-40;/h10,14,16,18,24-27,46,54H,1,11-13,15,17,19-23H2,2-9H3,(H4,50,51,52,53,55,56,57,58);/q;+3/p-4/b29-16+,30-18+,38-24?,39-25?,40-26?,41-24?,42-25?,43-27?,44-27?,45-26?;/t46-;/m0./s1. The second-order valence-corrected chi connectivity index (χ2v) is 15.9. The normalized spacial score (nSPS) is 13.7. The van der Waals surface area contributed by atoms with E-state index in [1.54, 1.807) is 12.1 Å². The van der Waals surface area contributed by atoms with E-state index in [1.165, 1.54) is 16.7 Å². The van der Waals surface area contributed by atoms with Gasteiger partial charge in [0.05, 0.1) is 28.9 Å². The van der Waals surface area contributed by atoms with Gasteiger partial charge in [0, 0.05) is 17.5 Å². The van der Waals surface area contributed by atoms with Crippen molar-refractivity contribution in [3.05, 3.63) is 117 Å².